The number of aryl methyl sites for hydroxylation is 1. The maximum Gasteiger partial charge on any atom is 0.251 e. The highest BCUT2D eigenvalue weighted by atomic mass is 32.2. The van der Waals surface area contributed by atoms with Crippen molar-refractivity contribution in [3.63, 3.8) is 0 Å². The Balaban J connectivity index is 1.51. The van der Waals surface area contributed by atoms with Crippen molar-refractivity contribution in [2.24, 2.45) is 0 Å². The van der Waals surface area contributed by atoms with Crippen molar-refractivity contribution in [2.75, 3.05) is 6.54 Å². The summed E-state index contributed by atoms with van der Waals surface area (Å²) in [5.41, 5.74) is 4.35. The molecule has 1 saturated heterocycles. The number of carbonyl (C=O) groups is 2. The zero-order valence-electron chi connectivity index (χ0n) is 19.1. The van der Waals surface area contributed by atoms with Crippen LogP contribution in [0.2, 0.25) is 0 Å². The second-order valence-electron chi connectivity index (χ2n) is 8.42. The Morgan fingerprint density at radius 3 is 2.53 bits per heavy atom. The van der Waals surface area contributed by atoms with Gasteiger partial charge in [0, 0.05) is 21.9 Å². The van der Waals surface area contributed by atoms with Gasteiger partial charge in [0.1, 0.15) is 11.8 Å². The maximum absolute atomic E-state index is 12.8. The number of hydrogen-bond acceptors (Lipinski definition) is 4. The Morgan fingerprint density at radius 1 is 1.03 bits per heavy atom. The standard InChI is InChI=1S/C28H28N2O3S/c1-18-17-21(27(32)30-24-8-5-6-16-29-28(24)33)12-15-25(18)34-26-9-4-3-7-23(26)19(2)20-10-13-22(31)14-11-20/h3-4,7,9-15,17,24,31H,2,5-6,8,16H2,1H3,(H,29,33)(H,30,32). The second kappa shape index (κ2) is 10.6. The maximum atomic E-state index is 12.8. The minimum atomic E-state index is -0.484. The van der Waals surface area contributed by atoms with Gasteiger partial charge in [-0.05, 0) is 84.8 Å². The Kier molecular flexibility index (Phi) is 7.38. The van der Waals surface area contributed by atoms with Gasteiger partial charge in [0.25, 0.3) is 5.91 Å². The summed E-state index contributed by atoms with van der Waals surface area (Å²) in [5, 5.41) is 15.3. The third-order valence-electron chi connectivity index (χ3n) is 5.93. The molecule has 3 aromatic rings. The lowest BCUT2D eigenvalue weighted by Crippen LogP contribution is -2.45. The minimum Gasteiger partial charge on any atom is -0.508 e. The first kappa shape index (κ1) is 23.6. The number of phenols is 1. The smallest absolute Gasteiger partial charge is 0.251 e. The van der Waals surface area contributed by atoms with Crippen LogP contribution in [0.3, 0.4) is 0 Å². The van der Waals surface area contributed by atoms with Crippen molar-refractivity contribution in [2.45, 2.75) is 42.0 Å². The van der Waals surface area contributed by atoms with Crippen LogP contribution < -0.4 is 10.6 Å². The highest BCUT2D eigenvalue weighted by molar-refractivity contribution is 7.99. The third-order valence-corrected chi connectivity index (χ3v) is 7.18. The van der Waals surface area contributed by atoms with Gasteiger partial charge in [0.05, 0.1) is 0 Å². The SMILES string of the molecule is C=C(c1ccc(O)cc1)c1ccccc1Sc1ccc(C(=O)NC2CCCCNC2=O)cc1C. The van der Waals surface area contributed by atoms with E-state index in [0.717, 1.165) is 44.9 Å². The van der Waals surface area contributed by atoms with Gasteiger partial charge >= 0.3 is 0 Å². The molecule has 3 N–H and O–H groups in total. The molecule has 174 valence electrons. The van der Waals surface area contributed by atoms with E-state index in [1.165, 1.54) is 0 Å². The van der Waals surface area contributed by atoms with Crippen LogP contribution in [0.1, 0.15) is 46.3 Å². The number of benzene rings is 3. The van der Waals surface area contributed by atoms with Crippen molar-refractivity contribution in [3.8, 4) is 5.75 Å². The van der Waals surface area contributed by atoms with Crippen molar-refractivity contribution < 1.29 is 14.7 Å². The number of amides is 2. The van der Waals surface area contributed by atoms with Gasteiger partial charge in [-0.2, -0.15) is 0 Å². The monoisotopic (exact) mass is 472 g/mol. The van der Waals surface area contributed by atoms with Gasteiger partial charge in [0.15, 0.2) is 0 Å². The number of hydrogen-bond donors (Lipinski definition) is 3. The summed E-state index contributed by atoms with van der Waals surface area (Å²) in [6, 6.07) is 20.2. The number of aromatic hydroxyl groups is 1. The lowest BCUT2D eigenvalue weighted by Gasteiger charge is -2.16. The molecule has 0 bridgehead atoms. The predicted octanol–water partition coefficient (Wildman–Crippen LogP) is 5.31. The Labute approximate surface area is 204 Å². The Morgan fingerprint density at radius 2 is 1.76 bits per heavy atom. The minimum absolute atomic E-state index is 0.111. The van der Waals surface area contributed by atoms with Gasteiger partial charge in [-0.25, -0.2) is 0 Å². The summed E-state index contributed by atoms with van der Waals surface area (Å²) in [7, 11) is 0. The average Bonchev–Trinajstić information content (AvgIpc) is 3.04. The molecule has 2 amide bonds. The Hall–Kier alpha value is -3.51. The number of nitrogens with one attached hydrogen (secondary N) is 2. The molecule has 1 atom stereocenters. The van der Waals surface area contributed by atoms with Crippen LogP contribution in [0.15, 0.2) is 83.1 Å². The average molecular weight is 473 g/mol. The fraction of sp³-hybridized carbons (Fsp3) is 0.214. The summed E-state index contributed by atoms with van der Waals surface area (Å²) in [4.78, 5) is 27.0. The molecule has 6 heteroatoms. The Bertz CT molecular complexity index is 1220. The molecule has 0 spiro atoms. The van der Waals surface area contributed by atoms with Gasteiger partial charge in [-0.15, -0.1) is 0 Å². The first-order chi connectivity index (χ1) is 16.4. The quantitative estimate of drug-likeness (QED) is 0.454. The van der Waals surface area contributed by atoms with Crippen LogP contribution in [0, 0.1) is 6.92 Å². The molecule has 0 aliphatic carbocycles. The number of rotatable bonds is 6. The van der Waals surface area contributed by atoms with E-state index in [4.69, 9.17) is 0 Å². The van der Waals surface area contributed by atoms with E-state index in [9.17, 15) is 14.7 Å². The molecule has 0 radical (unpaired) electrons. The zero-order valence-corrected chi connectivity index (χ0v) is 20.0. The summed E-state index contributed by atoms with van der Waals surface area (Å²) >= 11 is 1.62. The highest BCUT2D eigenvalue weighted by Crippen LogP contribution is 2.37. The van der Waals surface area contributed by atoms with Crippen molar-refractivity contribution in [3.05, 3.63) is 95.6 Å². The van der Waals surface area contributed by atoms with Crippen LogP contribution in [0.25, 0.3) is 5.57 Å². The molecule has 4 rings (SSSR count). The van der Waals surface area contributed by atoms with E-state index >= 15 is 0 Å². The van der Waals surface area contributed by atoms with Crippen LogP contribution in [0.5, 0.6) is 5.75 Å². The lowest BCUT2D eigenvalue weighted by atomic mass is 9.99. The molecule has 0 aromatic heterocycles. The highest BCUT2D eigenvalue weighted by Gasteiger charge is 2.23. The fourth-order valence-electron chi connectivity index (χ4n) is 3.97. The molecule has 1 aliphatic heterocycles. The van der Waals surface area contributed by atoms with E-state index < -0.39 is 6.04 Å². The van der Waals surface area contributed by atoms with Crippen LogP contribution in [-0.2, 0) is 4.79 Å². The number of phenolic OH excluding ortho intramolecular Hbond substituents is 1. The van der Waals surface area contributed by atoms with E-state index in [0.29, 0.717) is 18.5 Å². The zero-order chi connectivity index (χ0) is 24.1. The van der Waals surface area contributed by atoms with Gasteiger partial charge in [-0.3, -0.25) is 9.59 Å². The van der Waals surface area contributed by atoms with Gasteiger partial charge in [-0.1, -0.05) is 48.7 Å². The van der Waals surface area contributed by atoms with Crippen LogP contribution in [0.4, 0.5) is 0 Å². The largest absolute Gasteiger partial charge is 0.508 e. The molecule has 0 saturated carbocycles. The van der Waals surface area contributed by atoms with Crippen LogP contribution in [-0.4, -0.2) is 29.5 Å². The van der Waals surface area contributed by atoms with Gasteiger partial charge in [0.2, 0.25) is 5.91 Å². The summed E-state index contributed by atoms with van der Waals surface area (Å²) in [6.07, 6.45) is 2.50. The van der Waals surface area contributed by atoms with E-state index in [1.54, 1.807) is 30.0 Å². The van der Waals surface area contributed by atoms with E-state index in [2.05, 4.69) is 23.3 Å². The topological polar surface area (TPSA) is 78.4 Å². The van der Waals surface area contributed by atoms with Crippen molar-refractivity contribution >= 4 is 29.1 Å². The molecular formula is C28H28N2O3S. The molecular weight excluding hydrogens is 444 g/mol. The number of carbonyl (C=O) groups excluding carboxylic acids is 2. The van der Waals surface area contributed by atoms with Crippen molar-refractivity contribution in [1.29, 1.82) is 0 Å². The molecule has 34 heavy (non-hydrogen) atoms. The predicted molar refractivity (Wildman–Crippen MR) is 136 cm³/mol. The third kappa shape index (κ3) is 5.51. The fourth-order valence-corrected chi connectivity index (χ4v) is 5.01. The second-order valence-corrected chi connectivity index (χ2v) is 9.50. The van der Waals surface area contributed by atoms with Crippen LogP contribution >= 0.6 is 11.8 Å². The normalized spacial score (nSPS) is 15.8. The molecule has 1 unspecified atom stereocenters. The summed E-state index contributed by atoms with van der Waals surface area (Å²) in [5.74, 6) is -0.123. The summed E-state index contributed by atoms with van der Waals surface area (Å²) < 4.78 is 0. The van der Waals surface area contributed by atoms with E-state index in [1.807, 2.05) is 49.4 Å². The molecule has 1 aliphatic rings. The summed E-state index contributed by atoms with van der Waals surface area (Å²) in [6.45, 7) is 6.92. The molecule has 1 fully saturated rings. The lowest BCUT2D eigenvalue weighted by molar-refractivity contribution is -0.122. The molecule has 5 nitrogen and oxygen atoms in total. The first-order valence-corrected chi connectivity index (χ1v) is 12.2. The van der Waals surface area contributed by atoms with Gasteiger partial charge < -0.3 is 15.7 Å². The molecule has 3 aromatic carbocycles. The van der Waals surface area contributed by atoms with Crippen molar-refractivity contribution in [1.82, 2.24) is 10.6 Å². The van der Waals surface area contributed by atoms with E-state index in [-0.39, 0.29) is 17.6 Å². The first-order valence-electron chi connectivity index (χ1n) is 11.4. The molecule has 1 heterocycles.